The molecule has 2 rings (SSSR count). The van der Waals surface area contributed by atoms with Gasteiger partial charge in [-0.25, -0.2) is 9.97 Å². The molecule has 2 heterocycles. The lowest BCUT2D eigenvalue weighted by Crippen LogP contribution is -2.23. The Morgan fingerprint density at radius 2 is 1.48 bits per heavy atom. The number of rotatable bonds is 1. The van der Waals surface area contributed by atoms with Crippen LogP contribution in [0.3, 0.4) is 0 Å². The number of nitrogens with zero attached hydrogens (tertiary/aromatic N) is 3. The zero-order valence-corrected chi connectivity index (χ0v) is 14.6. The molecular formula is C18H27N3. The predicted molar refractivity (Wildman–Crippen MR) is 88.8 cm³/mol. The van der Waals surface area contributed by atoms with Crippen LogP contribution in [0.15, 0.2) is 12.3 Å². The normalized spacial score (nSPS) is 13.2. The van der Waals surface area contributed by atoms with Gasteiger partial charge in [-0.1, -0.05) is 55.4 Å². The van der Waals surface area contributed by atoms with E-state index in [4.69, 9.17) is 9.97 Å². The lowest BCUT2D eigenvalue weighted by molar-refractivity contribution is 0.519. The number of hydrogen-bond donors (Lipinski definition) is 0. The van der Waals surface area contributed by atoms with Gasteiger partial charge in [0.2, 0.25) is 0 Å². The molecule has 3 heteroatoms. The van der Waals surface area contributed by atoms with Crippen LogP contribution in [0.25, 0.3) is 11.0 Å². The van der Waals surface area contributed by atoms with Crippen molar-refractivity contribution in [1.29, 1.82) is 0 Å². The fourth-order valence-corrected chi connectivity index (χ4v) is 2.37. The maximum absolute atomic E-state index is 4.87. The van der Waals surface area contributed by atoms with Crippen molar-refractivity contribution in [3.05, 3.63) is 29.3 Å². The van der Waals surface area contributed by atoms with E-state index in [-0.39, 0.29) is 10.8 Å². The number of hydrogen-bond acceptors (Lipinski definition) is 3. The zero-order chi connectivity index (χ0) is 16.0. The van der Waals surface area contributed by atoms with Crippen molar-refractivity contribution >= 4 is 11.0 Å². The topological polar surface area (TPSA) is 38.7 Å². The van der Waals surface area contributed by atoms with Crippen LogP contribution in [0.5, 0.6) is 0 Å². The molecule has 0 aliphatic rings. The van der Waals surface area contributed by atoms with Gasteiger partial charge in [-0.15, -0.1) is 0 Å². The Balaban J connectivity index is 2.92. The van der Waals surface area contributed by atoms with Crippen molar-refractivity contribution in [3.8, 4) is 0 Å². The Bertz CT molecular complexity index is 658. The quantitative estimate of drug-likeness (QED) is 0.759. The average Bonchev–Trinajstić information content (AvgIpc) is 2.34. The molecule has 0 aliphatic heterocycles. The summed E-state index contributed by atoms with van der Waals surface area (Å²) < 4.78 is 0. The SMILES string of the molecule is CC(C)c1ccnc2c(C(C)(C)C)nc(C(C)(C)C)nc12. The molecule has 2 aromatic rings. The second-order valence-corrected chi connectivity index (χ2v) is 8.15. The van der Waals surface area contributed by atoms with Crippen LogP contribution in [0.2, 0.25) is 0 Å². The zero-order valence-electron chi connectivity index (χ0n) is 14.6. The Morgan fingerprint density at radius 3 is 1.95 bits per heavy atom. The molecule has 0 saturated carbocycles. The van der Waals surface area contributed by atoms with Gasteiger partial charge in [-0.3, -0.25) is 4.98 Å². The molecule has 0 unspecified atom stereocenters. The molecular weight excluding hydrogens is 258 g/mol. The van der Waals surface area contributed by atoms with Crippen molar-refractivity contribution in [2.75, 3.05) is 0 Å². The molecule has 0 saturated heterocycles. The molecule has 0 aliphatic carbocycles. The fraction of sp³-hybridized carbons (Fsp3) is 0.611. The Kier molecular flexibility index (Phi) is 3.81. The summed E-state index contributed by atoms with van der Waals surface area (Å²) in [4.78, 5) is 14.3. The van der Waals surface area contributed by atoms with Crippen molar-refractivity contribution in [2.45, 2.75) is 72.1 Å². The molecule has 114 valence electrons. The van der Waals surface area contributed by atoms with E-state index in [1.165, 1.54) is 5.56 Å². The van der Waals surface area contributed by atoms with Crippen molar-refractivity contribution < 1.29 is 0 Å². The predicted octanol–water partition coefficient (Wildman–Crippen LogP) is 4.74. The smallest absolute Gasteiger partial charge is 0.134 e. The van der Waals surface area contributed by atoms with Gasteiger partial charge in [0.25, 0.3) is 0 Å². The summed E-state index contributed by atoms with van der Waals surface area (Å²) in [5, 5.41) is 0. The minimum atomic E-state index is -0.0711. The van der Waals surface area contributed by atoms with E-state index < -0.39 is 0 Å². The van der Waals surface area contributed by atoms with Gasteiger partial charge in [0.15, 0.2) is 0 Å². The third-order valence-electron chi connectivity index (χ3n) is 3.62. The summed E-state index contributed by atoms with van der Waals surface area (Å²) in [6, 6.07) is 2.08. The average molecular weight is 285 g/mol. The van der Waals surface area contributed by atoms with Crippen molar-refractivity contribution in [2.24, 2.45) is 0 Å². The third kappa shape index (κ3) is 3.07. The van der Waals surface area contributed by atoms with Crippen LogP contribution in [0.4, 0.5) is 0 Å². The third-order valence-corrected chi connectivity index (χ3v) is 3.62. The van der Waals surface area contributed by atoms with Crippen LogP contribution < -0.4 is 0 Å². The lowest BCUT2D eigenvalue weighted by atomic mass is 9.88. The van der Waals surface area contributed by atoms with Crippen molar-refractivity contribution in [3.63, 3.8) is 0 Å². The molecule has 0 bridgehead atoms. The summed E-state index contributed by atoms with van der Waals surface area (Å²) >= 11 is 0. The van der Waals surface area contributed by atoms with Crippen LogP contribution >= 0.6 is 0 Å². The first-order valence-corrected chi connectivity index (χ1v) is 7.69. The second kappa shape index (κ2) is 5.04. The Morgan fingerprint density at radius 1 is 0.857 bits per heavy atom. The Labute approximate surface area is 128 Å². The van der Waals surface area contributed by atoms with Gasteiger partial charge in [0.05, 0.1) is 11.2 Å². The summed E-state index contributed by atoms with van der Waals surface area (Å²) in [7, 11) is 0. The van der Waals surface area contributed by atoms with Gasteiger partial charge in [-0.05, 0) is 17.5 Å². The van der Waals surface area contributed by atoms with Crippen LogP contribution in [-0.2, 0) is 10.8 Å². The first-order valence-electron chi connectivity index (χ1n) is 7.69. The highest BCUT2D eigenvalue weighted by Crippen LogP contribution is 2.32. The van der Waals surface area contributed by atoms with Crippen LogP contribution in [0.1, 0.15) is 78.4 Å². The van der Waals surface area contributed by atoms with E-state index in [0.717, 1.165) is 22.6 Å². The molecule has 0 fully saturated rings. The molecule has 0 amide bonds. The Hall–Kier alpha value is -1.51. The largest absolute Gasteiger partial charge is 0.253 e. The lowest BCUT2D eigenvalue weighted by Gasteiger charge is -2.25. The van der Waals surface area contributed by atoms with E-state index in [2.05, 4.69) is 66.4 Å². The van der Waals surface area contributed by atoms with E-state index in [9.17, 15) is 0 Å². The van der Waals surface area contributed by atoms with E-state index in [0.29, 0.717) is 5.92 Å². The first kappa shape index (κ1) is 15.9. The van der Waals surface area contributed by atoms with E-state index >= 15 is 0 Å². The summed E-state index contributed by atoms with van der Waals surface area (Å²) in [5.74, 6) is 1.32. The number of aromatic nitrogens is 3. The molecule has 3 nitrogen and oxygen atoms in total. The summed E-state index contributed by atoms with van der Waals surface area (Å²) in [5.41, 5.74) is 4.12. The van der Waals surface area contributed by atoms with Gasteiger partial charge in [-0.2, -0.15) is 0 Å². The molecule has 2 aromatic heterocycles. The summed E-state index contributed by atoms with van der Waals surface area (Å²) in [6.45, 7) is 17.4. The molecule has 0 N–H and O–H groups in total. The maximum Gasteiger partial charge on any atom is 0.134 e. The highest BCUT2D eigenvalue weighted by Gasteiger charge is 2.26. The van der Waals surface area contributed by atoms with Crippen LogP contribution in [-0.4, -0.2) is 15.0 Å². The maximum atomic E-state index is 4.87. The standard InChI is InChI=1S/C18H27N3/c1-11(2)12-9-10-19-14-13(12)20-16(18(6,7)8)21-15(14)17(3,4)5/h9-11H,1-8H3. The first-order chi connectivity index (χ1) is 9.51. The highest BCUT2D eigenvalue weighted by atomic mass is 14.9. The highest BCUT2D eigenvalue weighted by molar-refractivity contribution is 5.81. The molecule has 21 heavy (non-hydrogen) atoms. The summed E-state index contributed by atoms with van der Waals surface area (Å²) in [6.07, 6.45) is 1.88. The molecule has 0 atom stereocenters. The molecule has 0 spiro atoms. The molecule has 0 aromatic carbocycles. The number of fused-ring (bicyclic) bond motifs is 1. The van der Waals surface area contributed by atoms with Crippen LogP contribution in [0, 0.1) is 0 Å². The minimum Gasteiger partial charge on any atom is -0.253 e. The number of pyridine rings is 1. The molecule has 0 radical (unpaired) electrons. The van der Waals surface area contributed by atoms with Gasteiger partial charge >= 0.3 is 0 Å². The van der Waals surface area contributed by atoms with Gasteiger partial charge < -0.3 is 0 Å². The monoisotopic (exact) mass is 285 g/mol. The van der Waals surface area contributed by atoms with Gasteiger partial charge in [0, 0.05) is 17.0 Å². The van der Waals surface area contributed by atoms with E-state index in [1.54, 1.807) is 0 Å². The fourth-order valence-electron chi connectivity index (χ4n) is 2.37. The minimum absolute atomic E-state index is 0.0518. The van der Waals surface area contributed by atoms with Gasteiger partial charge in [0.1, 0.15) is 11.3 Å². The van der Waals surface area contributed by atoms with Crippen molar-refractivity contribution in [1.82, 2.24) is 15.0 Å². The second-order valence-electron chi connectivity index (χ2n) is 8.15. The van der Waals surface area contributed by atoms with E-state index in [1.807, 2.05) is 6.20 Å².